The monoisotopic (exact) mass is 226 g/mol. The third-order valence-electron chi connectivity index (χ3n) is 2.92. The first-order valence-corrected chi connectivity index (χ1v) is 6.29. The van der Waals surface area contributed by atoms with Gasteiger partial charge in [0.15, 0.2) is 0 Å². The van der Waals surface area contributed by atoms with Gasteiger partial charge in [0.1, 0.15) is 5.54 Å². The summed E-state index contributed by atoms with van der Waals surface area (Å²) in [6.45, 7) is 6.61. The molecule has 0 bridgehead atoms. The quantitative estimate of drug-likeness (QED) is 0.615. The summed E-state index contributed by atoms with van der Waals surface area (Å²) < 4.78 is 5.68. The third-order valence-corrected chi connectivity index (χ3v) is 2.92. The minimum absolute atomic E-state index is 0.248. The van der Waals surface area contributed by atoms with Crippen molar-refractivity contribution < 1.29 is 4.74 Å². The molecule has 1 N–H and O–H groups in total. The van der Waals surface area contributed by atoms with Crippen molar-refractivity contribution in [3.8, 4) is 6.07 Å². The third kappa shape index (κ3) is 6.81. The maximum absolute atomic E-state index is 8.95. The second-order valence-corrected chi connectivity index (χ2v) is 4.66. The van der Waals surface area contributed by atoms with Gasteiger partial charge in [0.2, 0.25) is 0 Å². The van der Waals surface area contributed by atoms with Crippen molar-refractivity contribution in [2.75, 3.05) is 13.7 Å². The fourth-order valence-corrected chi connectivity index (χ4v) is 1.41. The highest BCUT2D eigenvalue weighted by Gasteiger charge is 2.22. The molecule has 0 radical (unpaired) electrons. The first-order chi connectivity index (χ1) is 7.58. The Morgan fingerprint density at radius 2 is 2.06 bits per heavy atom. The highest BCUT2D eigenvalue weighted by molar-refractivity contribution is 5.03. The van der Waals surface area contributed by atoms with Gasteiger partial charge in [-0.25, -0.2) is 0 Å². The van der Waals surface area contributed by atoms with Crippen molar-refractivity contribution in [1.29, 1.82) is 5.26 Å². The minimum atomic E-state index is -0.558. The van der Waals surface area contributed by atoms with Gasteiger partial charge in [-0.2, -0.15) is 5.26 Å². The molecular formula is C13H26N2O. The van der Waals surface area contributed by atoms with Crippen molar-refractivity contribution in [3.63, 3.8) is 0 Å². The lowest BCUT2D eigenvalue weighted by atomic mass is 10.1. The fraction of sp³-hybridized carbons (Fsp3) is 0.923. The Morgan fingerprint density at radius 3 is 2.56 bits per heavy atom. The molecule has 3 heteroatoms. The van der Waals surface area contributed by atoms with Gasteiger partial charge < -0.3 is 10.1 Å². The fourth-order valence-electron chi connectivity index (χ4n) is 1.41. The number of hydrogen-bond acceptors (Lipinski definition) is 3. The van der Waals surface area contributed by atoms with Crippen LogP contribution in [0.2, 0.25) is 0 Å². The maximum Gasteiger partial charge on any atom is 0.127 e. The van der Waals surface area contributed by atoms with Gasteiger partial charge >= 0.3 is 0 Å². The van der Waals surface area contributed by atoms with Crippen LogP contribution in [-0.4, -0.2) is 25.3 Å². The highest BCUT2D eigenvalue weighted by Crippen LogP contribution is 2.10. The van der Waals surface area contributed by atoms with E-state index in [9.17, 15) is 0 Å². The van der Waals surface area contributed by atoms with Crippen LogP contribution in [0.5, 0.6) is 0 Å². The molecule has 0 aliphatic carbocycles. The Bertz CT molecular complexity index is 212. The lowest BCUT2D eigenvalue weighted by Gasteiger charge is -2.23. The van der Waals surface area contributed by atoms with Crippen molar-refractivity contribution in [2.45, 2.75) is 64.5 Å². The summed E-state index contributed by atoms with van der Waals surface area (Å²) in [7, 11) is 1.79. The van der Waals surface area contributed by atoms with Crippen LogP contribution in [0.1, 0.15) is 52.9 Å². The van der Waals surface area contributed by atoms with Crippen LogP contribution in [0.3, 0.4) is 0 Å². The van der Waals surface area contributed by atoms with E-state index in [1.165, 1.54) is 25.7 Å². The lowest BCUT2D eigenvalue weighted by Crippen LogP contribution is -2.43. The second-order valence-electron chi connectivity index (χ2n) is 4.66. The van der Waals surface area contributed by atoms with E-state index in [1.54, 1.807) is 7.05 Å². The summed E-state index contributed by atoms with van der Waals surface area (Å²) in [5.74, 6) is 0. The van der Waals surface area contributed by atoms with E-state index in [0.29, 0.717) is 6.61 Å². The van der Waals surface area contributed by atoms with Crippen LogP contribution in [0.15, 0.2) is 0 Å². The molecule has 2 unspecified atom stereocenters. The van der Waals surface area contributed by atoms with E-state index in [1.807, 2.05) is 6.92 Å². The van der Waals surface area contributed by atoms with Gasteiger partial charge in [0.25, 0.3) is 0 Å². The molecule has 16 heavy (non-hydrogen) atoms. The van der Waals surface area contributed by atoms with E-state index >= 15 is 0 Å². The van der Waals surface area contributed by atoms with Crippen LogP contribution in [0.25, 0.3) is 0 Å². The summed E-state index contributed by atoms with van der Waals surface area (Å²) in [6, 6.07) is 2.22. The maximum atomic E-state index is 8.95. The number of nitriles is 1. The molecule has 2 atom stereocenters. The van der Waals surface area contributed by atoms with Crippen molar-refractivity contribution in [1.82, 2.24) is 5.32 Å². The van der Waals surface area contributed by atoms with Crippen LogP contribution in [0, 0.1) is 11.3 Å². The SMILES string of the molecule is CCCCCCC(C)OCC(C)(C#N)NC. The molecule has 0 rings (SSSR count). The summed E-state index contributed by atoms with van der Waals surface area (Å²) in [4.78, 5) is 0. The molecule has 3 nitrogen and oxygen atoms in total. The average molecular weight is 226 g/mol. The Morgan fingerprint density at radius 1 is 1.38 bits per heavy atom. The van der Waals surface area contributed by atoms with Crippen molar-refractivity contribution in [2.24, 2.45) is 0 Å². The first kappa shape index (κ1) is 15.4. The topological polar surface area (TPSA) is 45.0 Å². The zero-order valence-corrected chi connectivity index (χ0v) is 11.2. The molecule has 0 aromatic rings. The van der Waals surface area contributed by atoms with E-state index in [-0.39, 0.29) is 6.10 Å². The van der Waals surface area contributed by atoms with Crippen LogP contribution >= 0.6 is 0 Å². The predicted molar refractivity (Wildman–Crippen MR) is 67.3 cm³/mol. The predicted octanol–water partition coefficient (Wildman–Crippen LogP) is 2.86. The smallest absolute Gasteiger partial charge is 0.127 e. The molecule has 0 fully saturated rings. The molecule has 0 aliphatic rings. The van der Waals surface area contributed by atoms with Crippen LogP contribution in [-0.2, 0) is 4.74 Å². The molecule has 0 amide bonds. The highest BCUT2D eigenvalue weighted by atomic mass is 16.5. The molecule has 94 valence electrons. The van der Waals surface area contributed by atoms with Crippen LogP contribution in [0.4, 0.5) is 0 Å². The normalized spacial score (nSPS) is 16.4. The first-order valence-electron chi connectivity index (χ1n) is 6.29. The Kier molecular flexibility index (Phi) is 8.23. The largest absolute Gasteiger partial charge is 0.375 e. The molecule has 0 saturated heterocycles. The number of rotatable bonds is 9. The zero-order chi connectivity index (χ0) is 12.4. The van der Waals surface area contributed by atoms with Gasteiger partial charge in [-0.15, -0.1) is 0 Å². The Hall–Kier alpha value is -0.590. The van der Waals surface area contributed by atoms with Gasteiger partial charge in [0.05, 0.1) is 18.8 Å². The summed E-state index contributed by atoms with van der Waals surface area (Å²) >= 11 is 0. The molecule has 0 aliphatic heterocycles. The van der Waals surface area contributed by atoms with E-state index in [0.717, 1.165) is 6.42 Å². The number of hydrogen-bond donors (Lipinski definition) is 1. The summed E-state index contributed by atoms with van der Waals surface area (Å²) in [5.41, 5.74) is -0.558. The molecule has 0 aromatic heterocycles. The lowest BCUT2D eigenvalue weighted by molar-refractivity contribution is 0.0335. The van der Waals surface area contributed by atoms with Crippen LogP contribution < -0.4 is 5.32 Å². The van der Waals surface area contributed by atoms with E-state index in [2.05, 4.69) is 25.2 Å². The zero-order valence-electron chi connectivity index (χ0n) is 11.2. The van der Waals surface area contributed by atoms with Gasteiger partial charge in [0, 0.05) is 0 Å². The Balaban J connectivity index is 3.64. The van der Waals surface area contributed by atoms with E-state index < -0.39 is 5.54 Å². The van der Waals surface area contributed by atoms with Gasteiger partial charge in [-0.3, -0.25) is 0 Å². The van der Waals surface area contributed by atoms with Crippen molar-refractivity contribution >= 4 is 0 Å². The van der Waals surface area contributed by atoms with Crippen molar-refractivity contribution in [3.05, 3.63) is 0 Å². The van der Waals surface area contributed by atoms with E-state index in [4.69, 9.17) is 10.00 Å². The molecule has 0 heterocycles. The molecule has 0 aromatic carbocycles. The number of likely N-dealkylation sites (N-methyl/N-ethyl adjacent to an activating group) is 1. The number of nitrogens with one attached hydrogen (secondary N) is 1. The number of unbranched alkanes of at least 4 members (excludes halogenated alkanes) is 3. The van der Waals surface area contributed by atoms with Gasteiger partial charge in [-0.1, -0.05) is 32.6 Å². The Labute approximate surface area is 100 Å². The molecular weight excluding hydrogens is 200 g/mol. The second kappa shape index (κ2) is 8.55. The molecule has 0 spiro atoms. The molecule has 0 saturated carbocycles. The number of ether oxygens (including phenoxy) is 1. The summed E-state index contributed by atoms with van der Waals surface area (Å²) in [6.07, 6.45) is 6.41. The van der Waals surface area contributed by atoms with Gasteiger partial charge in [-0.05, 0) is 27.3 Å². The number of nitrogens with zero attached hydrogens (tertiary/aromatic N) is 1. The summed E-state index contributed by atoms with van der Waals surface area (Å²) in [5, 5.41) is 11.9. The standard InChI is InChI=1S/C13H26N2O/c1-5-6-7-8-9-12(2)16-11-13(3,10-14)15-4/h12,15H,5-9,11H2,1-4H3. The minimum Gasteiger partial charge on any atom is -0.375 e. The average Bonchev–Trinajstić information content (AvgIpc) is 2.31.